The molecule has 3 aromatic carbocycles. The first-order valence-corrected chi connectivity index (χ1v) is 12.2. The first kappa shape index (κ1) is 27.9. The quantitative estimate of drug-likeness (QED) is 0.313. The predicted octanol–water partition coefficient (Wildman–Crippen LogP) is 7.41. The van der Waals surface area contributed by atoms with Crippen LogP contribution in [0.25, 0.3) is 22.3 Å². The van der Waals surface area contributed by atoms with Crippen LogP contribution >= 0.6 is 0 Å². The number of hydrogen-bond acceptors (Lipinski definition) is 4. The number of rotatable bonds is 7. The second-order valence-corrected chi connectivity index (χ2v) is 9.35. The molecule has 3 aromatic rings. The van der Waals surface area contributed by atoms with E-state index in [9.17, 15) is 27.9 Å². The molecule has 0 aliphatic carbocycles. The number of halogens is 4. The summed E-state index contributed by atoms with van der Waals surface area (Å²) in [4.78, 5) is 25.2. The molecule has 0 aromatic heterocycles. The van der Waals surface area contributed by atoms with Crippen molar-refractivity contribution in [2.75, 3.05) is 20.3 Å². The zero-order valence-electron chi connectivity index (χ0n) is 21.8. The lowest BCUT2D eigenvalue weighted by molar-refractivity contribution is -0.138. The number of nitrogens with zero attached hydrogens (tertiary/aromatic N) is 1. The van der Waals surface area contributed by atoms with Gasteiger partial charge in [-0.3, -0.25) is 4.90 Å². The number of methoxy groups -OCH3 is 1. The SMILES string of the molecule is CC[C@@H](c1cc(C(F)(F)F)c(C)cc1-c1cc(-c2ccc(C(=O)O)cc2C)c(F)cc1OC)N1CCOC1=O. The van der Waals surface area contributed by atoms with Crippen molar-refractivity contribution in [3.63, 3.8) is 0 Å². The third kappa shape index (κ3) is 5.28. The van der Waals surface area contributed by atoms with Gasteiger partial charge in [-0.2, -0.15) is 13.2 Å². The monoisotopic (exact) mass is 545 g/mol. The van der Waals surface area contributed by atoms with E-state index >= 15 is 4.39 Å². The van der Waals surface area contributed by atoms with Crippen LogP contribution in [0, 0.1) is 19.7 Å². The second kappa shape index (κ2) is 10.6. The van der Waals surface area contributed by atoms with Gasteiger partial charge in [0.25, 0.3) is 0 Å². The Labute approximate surface area is 222 Å². The Morgan fingerprint density at radius 1 is 1.05 bits per heavy atom. The van der Waals surface area contributed by atoms with Crippen molar-refractivity contribution in [2.45, 2.75) is 39.4 Å². The maximum Gasteiger partial charge on any atom is 0.416 e. The van der Waals surface area contributed by atoms with Crippen molar-refractivity contribution in [3.8, 4) is 28.0 Å². The van der Waals surface area contributed by atoms with Gasteiger partial charge < -0.3 is 14.6 Å². The van der Waals surface area contributed by atoms with Crippen molar-refractivity contribution < 1.29 is 41.7 Å². The molecule has 1 aliphatic rings. The number of benzene rings is 3. The lowest BCUT2D eigenvalue weighted by Gasteiger charge is -2.29. The fourth-order valence-electron chi connectivity index (χ4n) is 5.08. The van der Waals surface area contributed by atoms with Gasteiger partial charge in [0.05, 0.1) is 30.8 Å². The summed E-state index contributed by atoms with van der Waals surface area (Å²) in [6.45, 7) is 5.08. The molecule has 39 heavy (non-hydrogen) atoms. The Hall–Kier alpha value is -4.08. The Morgan fingerprint density at radius 3 is 2.31 bits per heavy atom. The molecule has 0 saturated carbocycles. The molecule has 0 bridgehead atoms. The minimum absolute atomic E-state index is 0.0364. The highest BCUT2D eigenvalue weighted by atomic mass is 19.4. The van der Waals surface area contributed by atoms with Crippen LogP contribution in [0.4, 0.5) is 22.4 Å². The fraction of sp³-hybridized carbons (Fsp3) is 0.310. The van der Waals surface area contributed by atoms with Gasteiger partial charge >= 0.3 is 18.2 Å². The van der Waals surface area contributed by atoms with E-state index in [-0.39, 0.29) is 41.2 Å². The molecule has 0 spiro atoms. The molecule has 0 unspecified atom stereocenters. The van der Waals surface area contributed by atoms with Gasteiger partial charge in [0.2, 0.25) is 0 Å². The van der Waals surface area contributed by atoms with Crippen LogP contribution in [0.3, 0.4) is 0 Å². The van der Waals surface area contributed by atoms with E-state index in [0.717, 1.165) is 12.1 Å². The zero-order valence-corrected chi connectivity index (χ0v) is 21.8. The standard InChI is InChI=1S/C29H27F4NO5/c1-5-25(34-8-9-39-28(34)37)21-13-23(29(31,32)33)16(3)11-19(21)22-12-20(24(30)14-26(22)38-4)18-7-6-17(27(35)36)10-15(18)2/h6-7,10-14,25H,5,8-9H2,1-4H3,(H,35,36)/t25-/m0/s1. The number of carbonyl (C=O) groups excluding carboxylic acids is 1. The predicted molar refractivity (Wildman–Crippen MR) is 136 cm³/mol. The highest BCUT2D eigenvalue weighted by Gasteiger charge is 2.37. The van der Waals surface area contributed by atoms with Crippen LogP contribution in [-0.2, 0) is 10.9 Å². The number of cyclic esters (lactones) is 1. The van der Waals surface area contributed by atoms with Gasteiger partial charge in [0.15, 0.2) is 0 Å². The number of hydrogen-bond donors (Lipinski definition) is 1. The van der Waals surface area contributed by atoms with Crippen molar-refractivity contribution >= 4 is 12.1 Å². The summed E-state index contributed by atoms with van der Waals surface area (Å²) in [5.41, 5.74) is 1.10. The van der Waals surface area contributed by atoms with E-state index in [2.05, 4.69) is 0 Å². The topological polar surface area (TPSA) is 76.1 Å². The van der Waals surface area contributed by atoms with Crippen LogP contribution in [0.5, 0.6) is 5.75 Å². The second-order valence-electron chi connectivity index (χ2n) is 9.35. The summed E-state index contributed by atoms with van der Waals surface area (Å²) < 4.78 is 67.8. The maximum absolute atomic E-state index is 15.4. The van der Waals surface area contributed by atoms with Crippen molar-refractivity contribution in [3.05, 3.63) is 76.1 Å². The molecule has 10 heteroatoms. The summed E-state index contributed by atoms with van der Waals surface area (Å²) in [7, 11) is 1.33. The van der Waals surface area contributed by atoms with E-state index in [0.29, 0.717) is 28.7 Å². The minimum atomic E-state index is -4.64. The van der Waals surface area contributed by atoms with E-state index in [4.69, 9.17) is 9.47 Å². The average Bonchev–Trinajstić information content (AvgIpc) is 3.29. The largest absolute Gasteiger partial charge is 0.496 e. The third-order valence-corrected chi connectivity index (χ3v) is 6.96. The van der Waals surface area contributed by atoms with E-state index in [1.54, 1.807) is 13.8 Å². The first-order valence-electron chi connectivity index (χ1n) is 12.2. The molecule has 0 radical (unpaired) electrons. The Bertz CT molecular complexity index is 1450. The molecule has 1 fully saturated rings. The van der Waals surface area contributed by atoms with Gasteiger partial charge in [0, 0.05) is 17.2 Å². The van der Waals surface area contributed by atoms with Crippen LogP contribution in [0.2, 0.25) is 0 Å². The fourth-order valence-corrected chi connectivity index (χ4v) is 5.08. The third-order valence-electron chi connectivity index (χ3n) is 6.96. The minimum Gasteiger partial charge on any atom is -0.496 e. The number of aromatic carboxylic acids is 1. The smallest absolute Gasteiger partial charge is 0.416 e. The van der Waals surface area contributed by atoms with Gasteiger partial charge in [-0.05, 0) is 72.4 Å². The van der Waals surface area contributed by atoms with Crippen molar-refractivity contribution in [1.82, 2.24) is 4.90 Å². The summed E-state index contributed by atoms with van der Waals surface area (Å²) >= 11 is 0. The molecule has 1 N–H and O–H groups in total. The zero-order chi connectivity index (χ0) is 28.6. The number of alkyl halides is 3. The van der Waals surface area contributed by atoms with E-state index in [1.807, 2.05) is 0 Å². The number of carbonyl (C=O) groups is 2. The van der Waals surface area contributed by atoms with E-state index < -0.39 is 35.7 Å². The van der Waals surface area contributed by atoms with Gasteiger partial charge in [0.1, 0.15) is 18.2 Å². The number of ether oxygens (including phenoxy) is 2. The number of carboxylic acid groups (broad SMARTS) is 1. The summed E-state index contributed by atoms with van der Waals surface area (Å²) in [6.07, 6.45) is -4.96. The van der Waals surface area contributed by atoms with Crippen LogP contribution in [0.15, 0.2) is 42.5 Å². The van der Waals surface area contributed by atoms with Gasteiger partial charge in [-0.15, -0.1) is 0 Å². The van der Waals surface area contributed by atoms with Crippen molar-refractivity contribution in [2.24, 2.45) is 0 Å². The highest BCUT2D eigenvalue weighted by molar-refractivity contribution is 5.89. The lowest BCUT2D eigenvalue weighted by Crippen LogP contribution is -2.30. The molecule has 6 nitrogen and oxygen atoms in total. The van der Waals surface area contributed by atoms with Crippen molar-refractivity contribution in [1.29, 1.82) is 0 Å². The Kier molecular flexibility index (Phi) is 7.59. The lowest BCUT2D eigenvalue weighted by atomic mass is 9.86. The molecule has 206 valence electrons. The van der Waals surface area contributed by atoms with Crippen LogP contribution in [-0.4, -0.2) is 42.3 Å². The summed E-state index contributed by atoms with van der Waals surface area (Å²) in [5.74, 6) is -1.69. The summed E-state index contributed by atoms with van der Waals surface area (Å²) in [5, 5.41) is 9.30. The molecular weight excluding hydrogens is 518 g/mol. The highest BCUT2D eigenvalue weighted by Crippen LogP contribution is 2.45. The van der Waals surface area contributed by atoms with Gasteiger partial charge in [-0.1, -0.05) is 19.1 Å². The number of aryl methyl sites for hydroxylation is 2. The Morgan fingerprint density at radius 2 is 1.77 bits per heavy atom. The molecule has 1 amide bonds. The molecule has 4 rings (SSSR count). The normalized spacial score (nSPS) is 14.4. The first-order chi connectivity index (χ1) is 18.4. The van der Waals surface area contributed by atoms with Crippen LogP contribution < -0.4 is 4.74 Å². The molecule has 1 saturated heterocycles. The average molecular weight is 546 g/mol. The number of amides is 1. The molecule has 1 atom stereocenters. The van der Waals surface area contributed by atoms with E-state index in [1.165, 1.54) is 49.3 Å². The summed E-state index contributed by atoms with van der Waals surface area (Å²) in [6, 6.07) is 8.57. The number of carboxylic acids is 1. The van der Waals surface area contributed by atoms with Gasteiger partial charge in [-0.25, -0.2) is 14.0 Å². The van der Waals surface area contributed by atoms with Crippen LogP contribution in [0.1, 0.15) is 52.0 Å². The molecular formula is C29H27F4NO5. The Balaban J connectivity index is 2.00. The molecule has 1 heterocycles. The molecule has 1 aliphatic heterocycles. The maximum atomic E-state index is 15.4.